The average Bonchev–Trinajstić information content (AvgIpc) is 3.22. The summed E-state index contributed by atoms with van der Waals surface area (Å²) in [5, 5.41) is 18.5. The first-order chi connectivity index (χ1) is 15.8. The largest absolute Gasteiger partial charge is 0.480 e. The van der Waals surface area contributed by atoms with Crippen molar-refractivity contribution in [3.63, 3.8) is 0 Å². The Morgan fingerprint density at radius 1 is 0.765 bits per heavy atom. The Bertz CT molecular complexity index is 925. The van der Waals surface area contributed by atoms with Crippen LogP contribution >= 0.6 is 46.7 Å². The molecule has 34 heavy (non-hydrogen) atoms. The maximum absolute atomic E-state index is 12.6. The van der Waals surface area contributed by atoms with E-state index in [0.29, 0.717) is 11.1 Å². The number of carbonyl (C=O) groups is 4. The number of hydrogen-bond donors (Lipinski definition) is 2. The number of benzene rings is 1. The molecule has 3 rings (SSSR count). The summed E-state index contributed by atoms with van der Waals surface area (Å²) in [6.45, 7) is 7.10. The Balaban J connectivity index is 1.98. The molecule has 4 atom stereocenters. The van der Waals surface area contributed by atoms with Crippen LogP contribution < -0.4 is 0 Å². The van der Waals surface area contributed by atoms with Crippen LogP contribution in [0.1, 0.15) is 49.6 Å². The van der Waals surface area contributed by atoms with Crippen LogP contribution in [-0.4, -0.2) is 77.1 Å². The molecule has 2 amide bonds. The molecule has 0 bridgehead atoms. The van der Waals surface area contributed by atoms with E-state index in [1.54, 1.807) is 52.0 Å². The highest BCUT2D eigenvalue weighted by molar-refractivity contribution is 8.01. The number of thioether (sulfide) groups is 2. The van der Waals surface area contributed by atoms with Crippen molar-refractivity contribution in [3.05, 3.63) is 35.4 Å². The molecule has 2 fully saturated rings. The number of carboxylic acid groups (broad SMARTS) is 2. The van der Waals surface area contributed by atoms with Crippen molar-refractivity contribution in [1.29, 1.82) is 0 Å². The minimum atomic E-state index is -1.10. The van der Waals surface area contributed by atoms with Crippen molar-refractivity contribution in [2.45, 2.75) is 60.0 Å². The third kappa shape index (κ3) is 4.74. The number of hydrogen-bond acceptors (Lipinski definition) is 6. The first kappa shape index (κ1) is 27.0. The molecule has 2 unspecified atom stereocenters. The van der Waals surface area contributed by atoms with Crippen LogP contribution in [0.15, 0.2) is 24.3 Å². The smallest absolute Gasteiger partial charge is 0.327 e. The zero-order valence-electron chi connectivity index (χ0n) is 19.0. The summed E-state index contributed by atoms with van der Waals surface area (Å²) in [4.78, 5) is 51.8. The van der Waals surface area contributed by atoms with Crippen molar-refractivity contribution >= 4 is 70.5 Å². The molecular formula is C22H26Cl2N2O6S2. The van der Waals surface area contributed by atoms with Gasteiger partial charge in [-0.25, -0.2) is 9.59 Å². The number of aliphatic carboxylic acids is 2. The third-order valence-corrected chi connectivity index (χ3v) is 9.55. The van der Waals surface area contributed by atoms with Crippen LogP contribution in [0.25, 0.3) is 0 Å². The van der Waals surface area contributed by atoms with Crippen LogP contribution in [0, 0.1) is 0 Å². The highest BCUT2D eigenvalue weighted by Gasteiger charge is 2.55. The van der Waals surface area contributed by atoms with Gasteiger partial charge in [-0.15, -0.1) is 46.7 Å². The van der Waals surface area contributed by atoms with E-state index in [0.717, 1.165) is 0 Å². The Labute approximate surface area is 216 Å². The normalized spacial score (nSPS) is 27.6. The molecule has 2 heterocycles. The molecule has 1 aromatic rings. The van der Waals surface area contributed by atoms with Gasteiger partial charge < -0.3 is 20.0 Å². The molecule has 8 nitrogen and oxygen atoms in total. The summed E-state index contributed by atoms with van der Waals surface area (Å²) in [5.74, 6) is -3.83. The Morgan fingerprint density at radius 2 is 1.06 bits per heavy atom. The SMILES string of the molecule is CC1(C)SC(c2ccc(C3SC(C)(C)[C@H](C(=O)O)N3C(=O)CCl)cc2)N(C(=O)CCl)[C@H]1C(=O)O. The molecular weight excluding hydrogens is 523 g/mol. The monoisotopic (exact) mass is 548 g/mol. The molecule has 0 aromatic heterocycles. The van der Waals surface area contributed by atoms with Crippen molar-refractivity contribution < 1.29 is 29.4 Å². The summed E-state index contributed by atoms with van der Waals surface area (Å²) < 4.78 is -1.50. The van der Waals surface area contributed by atoms with E-state index in [-0.39, 0.29) is 11.8 Å². The van der Waals surface area contributed by atoms with Gasteiger partial charge in [-0.1, -0.05) is 24.3 Å². The van der Waals surface area contributed by atoms with Gasteiger partial charge in [0.05, 0.1) is 0 Å². The second-order valence-electron chi connectivity index (χ2n) is 9.16. The first-order valence-corrected chi connectivity index (χ1v) is 13.2. The van der Waals surface area contributed by atoms with Gasteiger partial charge in [0.15, 0.2) is 0 Å². The number of rotatable bonds is 6. The Hall–Kier alpha value is -1.62. The molecule has 0 spiro atoms. The lowest BCUT2D eigenvalue weighted by Gasteiger charge is -2.30. The Kier molecular flexibility index (Phi) is 7.77. The predicted molar refractivity (Wildman–Crippen MR) is 133 cm³/mol. The highest BCUT2D eigenvalue weighted by Crippen LogP contribution is 2.54. The third-order valence-electron chi connectivity index (χ3n) is 5.99. The first-order valence-electron chi connectivity index (χ1n) is 10.4. The molecule has 0 saturated carbocycles. The van der Waals surface area contributed by atoms with E-state index in [9.17, 15) is 29.4 Å². The second-order valence-corrected chi connectivity index (χ2v) is 13.2. The van der Waals surface area contributed by atoms with Crippen LogP contribution in [0.5, 0.6) is 0 Å². The van der Waals surface area contributed by atoms with Gasteiger partial charge in [0.1, 0.15) is 34.6 Å². The minimum absolute atomic E-state index is 0.338. The number of halogens is 2. The van der Waals surface area contributed by atoms with Gasteiger partial charge in [0, 0.05) is 9.49 Å². The summed E-state index contributed by atoms with van der Waals surface area (Å²) in [6.07, 6.45) is 0. The summed E-state index contributed by atoms with van der Waals surface area (Å²) in [7, 11) is 0. The second kappa shape index (κ2) is 9.79. The Morgan fingerprint density at radius 3 is 1.29 bits per heavy atom. The van der Waals surface area contributed by atoms with Gasteiger partial charge in [-0.05, 0) is 38.8 Å². The van der Waals surface area contributed by atoms with E-state index in [1.165, 1.54) is 33.3 Å². The lowest BCUT2D eigenvalue weighted by atomic mass is 10.00. The molecule has 2 N–H and O–H groups in total. The molecule has 1 aromatic carbocycles. The number of amides is 2. The molecule has 2 aliphatic rings. The van der Waals surface area contributed by atoms with Crippen LogP contribution in [0.2, 0.25) is 0 Å². The number of nitrogens with zero attached hydrogens (tertiary/aromatic N) is 2. The van der Waals surface area contributed by atoms with Crippen LogP contribution in [0.3, 0.4) is 0 Å². The zero-order valence-corrected chi connectivity index (χ0v) is 22.2. The van der Waals surface area contributed by atoms with Crippen molar-refractivity contribution in [1.82, 2.24) is 9.80 Å². The zero-order chi connectivity index (χ0) is 25.6. The molecule has 12 heteroatoms. The summed E-state index contributed by atoms with van der Waals surface area (Å²) in [5.41, 5.74) is 1.41. The topological polar surface area (TPSA) is 115 Å². The minimum Gasteiger partial charge on any atom is -0.480 e. The summed E-state index contributed by atoms with van der Waals surface area (Å²) in [6, 6.07) is 4.99. The average molecular weight is 549 g/mol. The van der Waals surface area contributed by atoms with E-state index in [2.05, 4.69) is 0 Å². The molecule has 0 aliphatic carbocycles. The maximum Gasteiger partial charge on any atom is 0.327 e. The lowest BCUT2D eigenvalue weighted by Crippen LogP contribution is -2.49. The number of carbonyl (C=O) groups excluding carboxylic acids is 2. The van der Waals surface area contributed by atoms with Gasteiger partial charge in [0.25, 0.3) is 0 Å². The molecule has 186 valence electrons. The van der Waals surface area contributed by atoms with Gasteiger partial charge >= 0.3 is 11.9 Å². The van der Waals surface area contributed by atoms with E-state index in [4.69, 9.17) is 23.2 Å². The van der Waals surface area contributed by atoms with Gasteiger partial charge in [-0.3, -0.25) is 9.59 Å². The fourth-order valence-corrected chi connectivity index (χ4v) is 7.97. The summed E-state index contributed by atoms with van der Waals surface area (Å²) >= 11 is 14.3. The van der Waals surface area contributed by atoms with Crippen molar-refractivity contribution in [2.75, 3.05) is 11.8 Å². The number of alkyl halides is 2. The van der Waals surface area contributed by atoms with Gasteiger partial charge in [-0.2, -0.15) is 0 Å². The van der Waals surface area contributed by atoms with E-state index >= 15 is 0 Å². The quantitative estimate of drug-likeness (QED) is 0.516. The van der Waals surface area contributed by atoms with E-state index in [1.807, 2.05) is 0 Å². The fraction of sp³-hybridized carbons (Fsp3) is 0.545. The lowest BCUT2D eigenvalue weighted by molar-refractivity contribution is -0.150. The van der Waals surface area contributed by atoms with Crippen molar-refractivity contribution in [3.8, 4) is 0 Å². The standard InChI is InChI=1S/C22H26Cl2N2O6S2/c1-21(2)15(19(29)30)25(13(27)9-23)17(33-21)11-5-7-12(8-6-11)18-26(14(28)10-24)16(20(31)32)22(3,4)34-18/h5-8,15-18H,9-10H2,1-4H3,(H,29,30)(H,31,32)/t15-,16-,17?,18?/m0/s1. The predicted octanol–water partition coefficient (Wildman–Crippen LogP) is 3.78. The number of carboxylic acids is 2. The molecule has 2 saturated heterocycles. The highest BCUT2D eigenvalue weighted by atomic mass is 35.5. The van der Waals surface area contributed by atoms with Crippen molar-refractivity contribution in [2.24, 2.45) is 0 Å². The van der Waals surface area contributed by atoms with Crippen LogP contribution in [-0.2, 0) is 19.2 Å². The molecule has 0 radical (unpaired) electrons. The van der Waals surface area contributed by atoms with Gasteiger partial charge in [0.2, 0.25) is 11.8 Å². The fourth-order valence-electron chi connectivity index (χ4n) is 4.56. The molecule has 2 aliphatic heterocycles. The maximum atomic E-state index is 12.6. The van der Waals surface area contributed by atoms with E-state index < -0.39 is 56.1 Å². The van der Waals surface area contributed by atoms with Crippen LogP contribution in [0.4, 0.5) is 0 Å².